The van der Waals surface area contributed by atoms with E-state index in [1.165, 1.54) is 6.07 Å². The Bertz CT molecular complexity index is 847. The summed E-state index contributed by atoms with van der Waals surface area (Å²) in [5, 5.41) is 6.37. The van der Waals surface area contributed by atoms with Crippen LogP contribution in [-0.4, -0.2) is 12.5 Å². The normalized spacial score (nSPS) is 19.1. The molecule has 1 amide bonds. The summed E-state index contributed by atoms with van der Waals surface area (Å²) in [5.74, 6) is -0.327. The van der Waals surface area contributed by atoms with Crippen LogP contribution in [-0.2, 0) is 0 Å². The molecule has 0 fully saturated rings. The first-order valence-corrected chi connectivity index (χ1v) is 7.86. The highest BCUT2D eigenvalue weighted by Crippen LogP contribution is 2.40. The SMILES string of the molecule is O=C1NCCC2C=C(c3ccc(F)c(Cl)c3)Nc3cccc1c32. The fourth-order valence-electron chi connectivity index (χ4n) is 3.24. The Balaban J connectivity index is 1.82. The molecule has 1 unspecified atom stereocenters. The van der Waals surface area contributed by atoms with Crippen LogP contribution >= 0.6 is 11.6 Å². The van der Waals surface area contributed by atoms with Crippen LogP contribution in [0.3, 0.4) is 0 Å². The number of rotatable bonds is 1. The van der Waals surface area contributed by atoms with Crippen molar-refractivity contribution in [3.8, 4) is 0 Å². The van der Waals surface area contributed by atoms with Crippen LogP contribution in [0.2, 0.25) is 5.02 Å². The predicted molar refractivity (Wildman–Crippen MR) is 89.1 cm³/mol. The number of amides is 1. The van der Waals surface area contributed by atoms with E-state index in [1.54, 1.807) is 12.1 Å². The number of carbonyl (C=O) groups excluding carboxylic acids is 1. The van der Waals surface area contributed by atoms with Crippen LogP contribution in [0.5, 0.6) is 0 Å². The third-order valence-electron chi connectivity index (χ3n) is 4.33. The highest BCUT2D eigenvalue weighted by Gasteiger charge is 2.28. The van der Waals surface area contributed by atoms with Crippen LogP contribution in [0.4, 0.5) is 10.1 Å². The second-order valence-corrected chi connectivity index (χ2v) is 6.16. The van der Waals surface area contributed by atoms with Gasteiger partial charge in [-0.25, -0.2) is 4.39 Å². The lowest BCUT2D eigenvalue weighted by Crippen LogP contribution is -2.22. The van der Waals surface area contributed by atoms with Crippen molar-refractivity contribution in [2.45, 2.75) is 12.3 Å². The lowest BCUT2D eigenvalue weighted by molar-refractivity contribution is 0.0956. The van der Waals surface area contributed by atoms with Crippen LogP contribution < -0.4 is 10.6 Å². The minimum atomic E-state index is -0.432. The molecule has 2 aliphatic rings. The third-order valence-corrected chi connectivity index (χ3v) is 4.62. The summed E-state index contributed by atoms with van der Waals surface area (Å²) in [4.78, 5) is 12.2. The maximum atomic E-state index is 13.4. The fraction of sp³-hybridized carbons (Fsp3) is 0.167. The topological polar surface area (TPSA) is 41.1 Å². The van der Waals surface area contributed by atoms with Crippen LogP contribution in [0.1, 0.15) is 33.8 Å². The Labute approximate surface area is 138 Å². The summed E-state index contributed by atoms with van der Waals surface area (Å²) in [6, 6.07) is 10.4. The van der Waals surface area contributed by atoms with Crippen LogP contribution in [0.25, 0.3) is 5.70 Å². The summed E-state index contributed by atoms with van der Waals surface area (Å²) >= 11 is 5.90. The van der Waals surface area contributed by atoms with E-state index >= 15 is 0 Å². The lowest BCUT2D eigenvalue weighted by atomic mass is 9.86. The molecule has 2 aliphatic heterocycles. The standard InChI is InChI=1S/C18H14ClFN2O/c19-13-8-10(4-5-14(13)20)16-9-11-6-7-21-18(23)12-2-1-3-15(22-16)17(11)12/h1-5,8-9,11,22H,6-7H2,(H,21,23). The zero-order valence-corrected chi connectivity index (χ0v) is 13.0. The number of halogens is 2. The highest BCUT2D eigenvalue weighted by molar-refractivity contribution is 6.30. The molecule has 0 saturated carbocycles. The van der Waals surface area contributed by atoms with Crippen molar-refractivity contribution >= 4 is 28.9 Å². The summed E-state index contributed by atoms with van der Waals surface area (Å²) in [6.07, 6.45) is 2.92. The van der Waals surface area contributed by atoms with Crippen LogP contribution in [0, 0.1) is 5.82 Å². The van der Waals surface area contributed by atoms with E-state index in [2.05, 4.69) is 16.7 Å². The van der Waals surface area contributed by atoms with Gasteiger partial charge in [0.15, 0.2) is 0 Å². The van der Waals surface area contributed by atoms with E-state index in [4.69, 9.17) is 11.6 Å². The zero-order chi connectivity index (χ0) is 16.0. The highest BCUT2D eigenvalue weighted by atomic mass is 35.5. The van der Waals surface area contributed by atoms with Gasteiger partial charge in [0, 0.05) is 29.4 Å². The fourth-order valence-corrected chi connectivity index (χ4v) is 3.42. The van der Waals surface area contributed by atoms with Crippen molar-refractivity contribution in [1.82, 2.24) is 5.32 Å². The number of hydrogen-bond acceptors (Lipinski definition) is 2. The molecule has 2 heterocycles. The minimum Gasteiger partial charge on any atom is -0.355 e. The predicted octanol–water partition coefficient (Wildman–Crippen LogP) is 4.16. The first-order valence-electron chi connectivity index (χ1n) is 7.49. The Morgan fingerprint density at radius 2 is 2.09 bits per heavy atom. The molecule has 1 atom stereocenters. The van der Waals surface area contributed by atoms with Crippen LogP contribution in [0.15, 0.2) is 42.5 Å². The number of allylic oxidation sites excluding steroid dienone is 1. The Kier molecular flexibility index (Phi) is 3.34. The molecule has 3 nitrogen and oxygen atoms in total. The van der Waals surface area contributed by atoms with Gasteiger partial charge in [-0.1, -0.05) is 23.7 Å². The first kappa shape index (κ1) is 14.3. The molecule has 0 aliphatic carbocycles. The monoisotopic (exact) mass is 328 g/mol. The number of nitrogens with one attached hydrogen (secondary N) is 2. The van der Waals surface area contributed by atoms with Gasteiger partial charge in [-0.3, -0.25) is 4.79 Å². The average Bonchev–Trinajstić information content (AvgIpc) is 2.71. The van der Waals surface area contributed by atoms with Gasteiger partial charge < -0.3 is 10.6 Å². The molecule has 4 rings (SSSR count). The number of hydrogen-bond donors (Lipinski definition) is 2. The molecule has 2 N–H and O–H groups in total. The molecule has 116 valence electrons. The second-order valence-electron chi connectivity index (χ2n) is 5.75. The third kappa shape index (κ3) is 2.39. The van der Waals surface area contributed by atoms with E-state index in [0.717, 1.165) is 28.9 Å². The number of carbonyl (C=O) groups is 1. The Hall–Kier alpha value is -2.33. The molecular formula is C18H14ClFN2O. The minimum absolute atomic E-state index is 0.0344. The van der Waals surface area contributed by atoms with Crippen molar-refractivity contribution in [2.24, 2.45) is 0 Å². The second kappa shape index (κ2) is 5.39. The zero-order valence-electron chi connectivity index (χ0n) is 12.2. The summed E-state index contributed by atoms with van der Waals surface area (Å²) in [7, 11) is 0. The quantitative estimate of drug-likeness (QED) is 0.825. The summed E-state index contributed by atoms with van der Waals surface area (Å²) in [5.41, 5.74) is 4.37. The smallest absolute Gasteiger partial charge is 0.251 e. The van der Waals surface area contributed by atoms with Gasteiger partial charge in [0.1, 0.15) is 5.82 Å². The van der Waals surface area contributed by atoms with Gasteiger partial charge >= 0.3 is 0 Å². The largest absolute Gasteiger partial charge is 0.355 e. The molecule has 2 aromatic carbocycles. The van der Waals surface area contributed by atoms with E-state index in [1.807, 2.05) is 18.2 Å². The van der Waals surface area contributed by atoms with Gasteiger partial charge in [0.2, 0.25) is 0 Å². The first-order chi connectivity index (χ1) is 11.1. The number of benzene rings is 2. The van der Waals surface area contributed by atoms with Crippen molar-refractivity contribution < 1.29 is 9.18 Å². The van der Waals surface area contributed by atoms with Gasteiger partial charge in [0.25, 0.3) is 5.91 Å². The van der Waals surface area contributed by atoms with Crippen molar-refractivity contribution in [3.63, 3.8) is 0 Å². The van der Waals surface area contributed by atoms with Crippen molar-refractivity contribution in [3.05, 3.63) is 70.0 Å². The molecule has 23 heavy (non-hydrogen) atoms. The molecule has 0 bridgehead atoms. The number of anilines is 1. The van der Waals surface area contributed by atoms with Crippen molar-refractivity contribution in [2.75, 3.05) is 11.9 Å². The molecule has 0 spiro atoms. The van der Waals surface area contributed by atoms with E-state index in [0.29, 0.717) is 12.1 Å². The maximum Gasteiger partial charge on any atom is 0.251 e. The molecule has 5 heteroatoms. The maximum absolute atomic E-state index is 13.4. The van der Waals surface area contributed by atoms with Gasteiger partial charge in [-0.05, 0) is 47.9 Å². The van der Waals surface area contributed by atoms with E-state index < -0.39 is 5.82 Å². The summed E-state index contributed by atoms with van der Waals surface area (Å²) < 4.78 is 13.4. The van der Waals surface area contributed by atoms with Gasteiger partial charge in [-0.15, -0.1) is 0 Å². The molecule has 0 saturated heterocycles. The molecule has 2 aromatic rings. The molecular weight excluding hydrogens is 315 g/mol. The summed E-state index contributed by atoms with van der Waals surface area (Å²) in [6.45, 7) is 0.631. The Morgan fingerprint density at radius 3 is 2.91 bits per heavy atom. The Morgan fingerprint density at radius 1 is 1.22 bits per heavy atom. The van der Waals surface area contributed by atoms with E-state index in [-0.39, 0.29) is 16.8 Å². The van der Waals surface area contributed by atoms with E-state index in [9.17, 15) is 9.18 Å². The lowest BCUT2D eigenvalue weighted by Gasteiger charge is -2.26. The van der Waals surface area contributed by atoms with Gasteiger partial charge in [-0.2, -0.15) is 0 Å². The van der Waals surface area contributed by atoms with Crippen molar-refractivity contribution in [1.29, 1.82) is 0 Å². The average molecular weight is 329 g/mol. The molecule has 0 radical (unpaired) electrons. The molecule has 0 aromatic heterocycles. The van der Waals surface area contributed by atoms with Gasteiger partial charge in [0.05, 0.1) is 5.02 Å².